The van der Waals surface area contributed by atoms with Crippen LogP contribution in [0.15, 0.2) is 12.2 Å². The third-order valence-electron chi connectivity index (χ3n) is 1.04. The Morgan fingerprint density at radius 3 is 2.11 bits per heavy atom. The minimum Gasteiger partial charge on any atom is -0.390 e. The molecule has 0 aromatic heterocycles. The molecule has 0 spiro atoms. The van der Waals surface area contributed by atoms with Crippen molar-refractivity contribution in [2.45, 2.75) is 26.1 Å². The van der Waals surface area contributed by atoms with Gasteiger partial charge in [0, 0.05) is 0 Å². The highest BCUT2D eigenvalue weighted by Crippen LogP contribution is 2.06. The van der Waals surface area contributed by atoms with E-state index in [1.807, 2.05) is 0 Å². The predicted molar refractivity (Wildman–Crippen MR) is 34.0 cm³/mol. The van der Waals surface area contributed by atoms with Crippen LogP contribution in [0.3, 0.4) is 0 Å². The molecule has 0 fully saturated rings. The van der Waals surface area contributed by atoms with Crippen molar-refractivity contribution in [1.29, 1.82) is 0 Å². The van der Waals surface area contributed by atoms with Crippen molar-refractivity contribution in [3.63, 3.8) is 0 Å². The summed E-state index contributed by atoms with van der Waals surface area (Å²) in [6.45, 7) is 6.70. The summed E-state index contributed by atoms with van der Waals surface area (Å²) in [5.74, 6) is 0. The van der Waals surface area contributed by atoms with E-state index in [0.717, 1.165) is 0 Å². The van der Waals surface area contributed by atoms with Gasteiger partial charge in [0.15, 0.2) is 0 Å². The fourth-order valence-corrected chi connectivity index (χ4v) is 0.590. The average Bonchev–Trinajstić information content (AvgIpc) is 1.64. The zero-order valence-corrected chi connectivity index (χ0v) is 5.66. The Labute approximate surface area is 54.5 Å². The molecule has 0 amide bonds. The largest absolute Gasteiger partial charge is 0.390 e. The van der Waals surface area contributed by atoms with E-state index in [1.165, 1.54) is 6.92 Å². The van der Waals surface area contributed by atoms with E-state index >= 15 is 0 Å². The molecular formula is C6H12O3. The second-order valence-electron chi connectivity index (χ2n) is 2.11. The standard InChI is InChI=1S/C6H12O3/c1-4(2)6(9-8)5(3)7/h5-8H,1H2,2-3H3/t5-,6+/m1/s1. The molecule has 2 atom stereocenters. The lowest BCUT2D eigenvalue weighted by Gasteiger charge is -2.15. The number of hydrogen-bond acceptors (Lipinski definition) is 3. The van der Waals surface area contributed by atoms with Crippen LogP contribution in [0, 0.1) is 0 Å². The van der Waals surface area contributed by atoms with Crippen LogP contribution in [-0.2, 0) is 4.89 Å². The Bertz CT molecular complexity index is 98.5. The topological polar surface area (TPSA) is 49.7 Å². The van der Waals surface area contributed by atoms with E-state index in [1.54, 1.807) is 6.92 Å². The summed E-state index contributed by atoms with van der Waals surface area (Å²) in [6.07, 6.45) is -1.38. The molecule has 3 heteroatoms. The fraction of sp³-hybridized carbons (Fsp3) is 0.667. The highest BCUT2D eigenvalue weighted by molar-refractivity contribution is 4.99. The Morgan fingerprint density at radius 1 is 1.67 bits per heavy atom. The van der Waals surface area contributed by atoms with Crippen LogP contribution >= 0.6 is 0 Å². The summed E-state index contributed by atoms with van der Waals surface area (Å²) in [6, 6.07) is 0. The molecule has 54 valence electrons. The van der Waals surface area contributed by atoms with Gasteiger partial charge in [-0.3, -0.25) is 5.26 Å². The molecule has 0 aliphatic carbocycles. The highest BCUT2D eigenvalue weighted by Gasteiger charge is 2.15. The third-order valence-corrected chi connectivity index (χ3v) is 1.04. The molecule has 0 aromatic carbocycles. The lowest BCUT2D eigenvalue weighted by Crippen LogP contribution is -2.25. The van der Waals surface area contributed by atoms with Crippen LogP contribution in [0.4, 0.5) is 0 Å². The van der Waals surface area contributed by atoms with E-state index in [-0.39, 0.29) is 0 Å². The van der Waals surface area contributed by atoms with Crippen molar-refractivity contribution in [1.82, 2.24) is 0 Å². The fourth-order valence-electron chi connectivity index (χ4n) is 0.590. The Kier molecular flexibility index (Phi) is 3.46. The van der Waals surface area contributed by atoms with Crippen molar-refractivity contribution >= 4 is 0 Å². The van der Waals surface area contributed by atoms with Gasteiger partial charge in [-0.1, -0.05) is 6.58 Å². The van der Waals surface area contributed by atoms with Crippen LogP contribution in [0.25, 0.3) is 0 Å². The first-order chi connectivity index (χ1) is 4.09. The Morgan fingerprint density at radius 2 is 2.11 bits per heavy atom. The van der Waals surface area contributed by atoms with Crippen LogP contribution in [0.5, 0.6) is 0 Å². The summed E-state index contributed by atoms with van der Waals surface area (Å²) in [5, 5.41) is 17.0. The molecule has 0 aliphatic heterocycles. The van der Waals surface area contributed by atoms with E-state index in [4.69, 9.17) is 10.4 Å². The molecule has 3 nitrogen and oxygen atoms in total. The number of aliphatic hydroxyl groups excluding tert-OH is 1. The highest BCUT2D eigenvalue weighted by atomic mass is 17.1. The Hall–Kier alpha value is -0.380. The van der Waals surface area contributed by atoms with Crippen molar-refractivity contribution in [2.75, 3.05) is 0 Å². The summed E-state index contributed by atoms with van der Waals surface area (Å²) in [7, 11) is 0. The molecule has 0 saturated carbocycles. The number of rotatable bonds is 3. The maximum absolute atomic E-state index is 8.84. The summed E-state index contributed by atoms with van der Waals surface area (Å²) >= 11 is 0. The Balaban J connectivity index is 3.83. The molecule has 2 N–H and O–H groups in total. The third kappa shape index (κ3) is 2.60. The van der Waals surface area contributed by atoms with Gasteiger partial charge >= 0.3 is 0 Å². The van der Waals surface area contributed by atoms with Crippen LogP contribution in [0.2, 0.25) is 0 Å². The van der Waals surface area contributed by atoms with E-state index < -0.39 is 12.2 Å². The van der Waals surface area contributed by atoms with Gasteiger partial charge in [-0.25, -0.2) is 4.89 Å². The molecule has 0 saturated heterocycles. The molecule has 0 unspecified atom stereocenters. The maximum Gasteiger partial charge on any atom is 0.139 e. The van der Waals surface area contributed by atoms with Crippen LogP contribution in [-0.4, -0.2) is 22.6 Å². The first-order valence-corrected chi connectivity index (χ1v) is 2.73. The van der Waals surface area contributed by atoms with Crippen molar-refractivity contribution in [2.24, 2.45) is 0 Å². The molecule has 0 radical (unpaired) electrons. The van der Waals surface area contributed by atoms with Gasteiger partial charge in [0.25, 0.3) is 0 Å². The van der Waals surface area contributed by atoms with E-state index in [9.17, 15) is 0 Å². The van der Waals surface area contributed by atoms with Gasteiger partial charge in [-0.05, 0) is 19.4 Å². The number of hydrogen-bond donors (Lipinski definition) is 2. The normalized spacial score (nSPS) is 16.9. The molecule has 0 aliphatic rings. The quantitative estimate of drug-likeness (QED) is 0.339. The van der Waals surface area contributed by atoms with Crippen molar-refractivity contribution in [3.8, 4) is 0 Å². The summed E-state index contributed by atoms with van der Waals surface area (Å²) in [4.78, 5) is 3.92. The van der Waals surface area contributed by atoms with Crippen LogP contribution < -0.4 is 0 Å². The smallest absolute Gasteiger partial charge is 0.139 e. The molecule has 9 heavy (non-hydrogen) atoms. The van der Waals surface area contributed by atoms with Gasteiger partial charge in [0.2, 0.25) is 0 Å². The molecule has 0 bridgehead atoms. The van der Waals surface area contributed by atoms with Gasteiger partial charge in [0.1, 0.15) is 6.10 Å². The second kappa shape index (κ2) is 3.61. The molecule has 0 rings (SSSR count). The van der Waals surface area contributed by atoms with Gasteiger partial charge < -0.3 is 5.11 Å². The lowest BCUT2D eigenvalue weighted by molar-refractivity contribution is -0.284. The number of aliphatic hydroxyl groups is 1. The minimum atomic E-state index is -0.715. The molecule has 0 heterocycles. The monoisotopic (exact) mass is 132 g/mol. The summed E-state index contributed by atoms with van der Waals surface area (Å²) in [5.41, 5.74) is 0.604. The lowest BCUT2D eigenvalue weighted by atomic mass is 10.1. The van der Waals surface area contributed by atoms with Gasteiger partial charge in [-0.2, -0.15) is 0 Å². The van der Waals surface area contributed by atoms with Gasteiger partial charge in [-0.15, -0.1) is 0 Å². The zero-order valence-electron chi connectivity index (χ0n) is 5.66. The van der Waals surface area contributed by atoms with Gasteiger partial charge in [0.05, 0.1) is 6.10 Å². The molecule has 0 aromatic rings. The van der Waals surface area contributed by atoms with E-state index in [2.05, 4.69) is 11.5 Å². The van der Waals surface area contributed by atoms with E-state index in [0.29, 0.717) is 5.57 Å². The SMILES string of the molecule is C=C(C)[C@H](OO)[C@@H](C)O. The first-order valence-electron chi connectivity index (χ1n) is 2.73. The first kappa shape index (κ1) is 8.62. The summed E-state index contributed by atoms with van der Waals surface area (Å²) < 4.78 is 0. The second-order valence-corrected chi connectivity index (χ2v) is 2.11. The van der Waals surface area contributed by atoms with Crippen molar-refractivity contribution < 1.29 is 15.3 Å². The van der Waals surface area contributed by atoms with Crippen molar-refractivity contribution in [3.05, 3.63) is 12.2 Å². The zero-order chi connectivity index (χ0) is 7.44. The van der Waals surface area contributed by atoms with Crippen LogP contribution in [0.1, 0.15) is 13.8 Å². The maximum atomic E-state index is 8.84. The predicted octanol–water partition coefficient (Wildman–Crippen LogP) is 0.801. The molecular weight excluding hydrogens is 120 g/mol. The average molecular weight is 132 g/mol. The minimum absolute atomic E-state index is 0.604.